The maximum absolute atomic E-state index is 13.1. The smallest absolute Gasteiger partial charge is 0.230 e. The van der Waals surface area contributed by atoms with Gasteiger partial charge in [-0.1, -0.05) is 0 Å². The van der Waals surface area contributed by atoms with Crippen LogP contribution in [-0.4, -0.2) is 35.9 Å². The van der Waals surface area contributed by atoms with Gasteiger partial charge in [0.05, 0.1) is 25.3 Å². The first kappa shape index (κ1) is 17.9. The molecule has 2 aromatic rings. The Labute approximate surface area is 153 Å². The highest BCUT2D eigenvalue weighted by Crippen LogP contribution is 2.36. The number of likely N-dealkylation sites (N-methyl/N-ethyl adjacent to an activating group) is 1. The van der Waals surface area contributed by atoms with Gasteiger partial charge < -0.3 is 15.0 Å². The maximum Gasteiger partial charge on any atom is 0.230 e. The van der Waals surface area contributed by atoms with Crippen LogP contribution in [-0.2, 0) is 16.1 Å². The number of nitrogens with zero attached hydrogens (tertiary/aromatic N) is 2. The molecule has 1 aliphatic rings. The lowest BCUT2D eigenvalue weighted by atomic mass is 9.89. The van der Waals surface area contributed by atoms with Gasteiger partial charge >= 0.3 is 0 Å². The molecule has 0 saturated heterocycles. The second kappa shape index (κ2) is 7.15. The van der Waals surface area contributed by atoms with E-state index >= 15 is 0 Å². The van der Waals surface area contributed by atoms with Gasteiger partial charge in [0.25, 0.3) is 0 Å². The van der Waals surface area contributed by atoms with Crippen LogP contribution in [0.4, 0.5) is 5.69 Å². The molecule has 1 unspecified atom stereocenters. The minimum absolute atomic E-state index is 0.102. The Morgan fingerprint density at radius 3 is 2.77 bits per heavy atom. The fraction of sp³-hybridized carbons (Fsp3) is 0.350. The monoisotopic (exact) mass is 353 g/mol. The summed E-state index contributed by atoms with van der Waals surface area (Å²) in [7, 11) is 3.33. The summed E-state index contributed by atoms with van der Waals surface area (Å²) in [6.07, 6.45) is 0.129. The molecule has 2 amide bonds. The molecule has 0 radical (unpaired) electrons. The Kier molecular flexibility index (Phi) is 4.93. The van der Waals surface area contributed by atoms with E-state index in [1.54, 1.807) is 31.2 Å². The molecule has 1 N–H and O–H groups in total. The third-order valence-corrected chi connectivity index (χ3v) is 4.52. The van der Waals surface area contributed by atoms with Crippen LogP contribution in [0.5, 0.6) is 5.75 Å². The molecule has 6 nitrogen and oxygen atoms in total. The molecule has 136 valence electrons. The van der Waals surface area contributed by atoms with Gasteiger partial charge in [-0.2, -0.15) is 0 Å². The lowest BCUT2D eigenvalue weighted by molar-refractivity contribution is -0.134. The van der Waals surface area contributed by atoms with Crippen molar-refractivity contribution in [2.24, 2.45) is 0 Å². The molecule has 1 aliphatic heterocycles. The van der Waals surface area contributed by atoms with Crippen LogP contribution in [0.1, 0.15) is 34.9 Å². The largest absolute Gasteiger partial charge is 0.497 e. The zero-order chi connectivity index (χ0) is 18.8. The van der Waals surface area contributed by atoms with Gasteiger partial charge in [-0.25, -0.2) is 0 Å². The Bertz CT molecular complexity index is 843. The summed E-state index contributed by atoms with van der Waals surface area (Å²) in [5, 5.41) is 2.82. The second-order valence-electron chi connectivity index (χ2n) is 6.73. The summed E-state index contributed by atoms with van der Waals surface area (Å²) in [6, 6.07) is 9.34. The summed E-state index contributed by atoms with van der Waals surface area (Å²) < 4.78 is 5.27. The summed E-state index contributed by atoms with van der Waals surface area (Å²) in [6.45, 7) is 4.35. The predicted molar refractivity (Wildman–Crippen MR) is 99.2 cm³/mol. The van der Waals surface area contributed by atoms with E-state index in [0.717, 1.165) is 22.5 Å². The van der Waals surface area contributed by atoms with Gasteiger partial charge in [-0.3, -0.25) is 14.6 Å². The fourth-order valence-electron chi connectivity index (χ4n) is 3.38. The number of benzene rings is 1. The molecular formula is C20H23N3O3. The molecular weight excluding hydrogens is 330 g/mol. The van der Waals surface area contributed by atoms with Crippen LogP contribution >= 0.6 is 0 Å². The Balaban J connectivity index is 1.86. The van der Waals surface area contributed by atoms with Crippen LogP contribution in [0, 0.1) is 13.8 Å². The minimum Gasteiger partial charge on any atom is -0.497 e. The van der Waals surface area contributed by atoms with Crippen molar-refractivity contribution in [3.8, 4) is 5.75 Å². The third kappa shape index (κ3) is 3.69. The van der Waals surface area contributed by atoms with E-state index < -0.39 is 5.92 Å². The number of hydrogen-bond donors (Lipinski definition) is 1. The molecule has 1 atom stereocenters. The van der Waals surface area contributed by atoms with E-state index in [0.29, 0.717) is 18.0 Å². The van der Waals surface area contributed by atoms with E-state index in [1.807, 2.05) is 32.0 Å². The lowest BCUT2D eigenvalue weighted by Crippen LogP contribution is -2.36. The molecule has 6 heteroatoms. The topological polar surface area (TPSA) is 71.5 Å². The second-order valence-corrected chi connectivity index (χ2v) is 6.73. The first-order valence-electron chi connectivity index (χ1n) is 8.54. The summed E-state index contributed by atoms with van der Waals surface area (Å²) in [5.41, 5.74) is 4.32. The van der Waals surface area contributed by atoms with Crippen molar-refractivity contribution in [2.75, 3.05) is 19.5 Å². The zero-order valence-corrected chi connectivity index (χ0v) is 15.5. The van der Waals surface area contributed by atoms with Crippen molar-refractivity contribution in [1.82, 2.24) is 9.88 Å². The number of methoxy groups -OCH3 is 1. The van der Waals surface area contributed by atoms with Crippen LogP contribution in [0.15, 0.2) is 30.3 Å². The average molecular weight is 353 g/mol. The number of fused-ring (bicyclic) bond motifs is 1. The van der Waals surface area contributed by atoms with E-state index in [-0.39, 0.29) is 18.2 Å². The van der Waals surface area contributed by atoms with Gasteiger partial charge in [0.1, 0.15) is 5.75 Å². The quantitative estimate of drug-likeness (QED) is 0.917. The standard InChI is InChI=1S/C20H23N3O3/c1-12-7-13(2)21-14(8-12)11-23(3)20(25)17-10-19(24)22-18-6-5-15(26-4)9-16(17)18/h5-9,17H,10-11H2,1-4H3,(H,22,24). The van der Waals surface area contributed by atoms with Crippen molar-refractivity contribution < 1.29 is 14.3 Å². The minimum atomic E-state index is -0.523. The fourth-order valence-corrected chi connectivity index (χ4v) is 3.38. The van der Waals surface area contributed by atoms with Gasteiger partial charge in [0.2, 0.25) is 11.8 Å². The number of pyridine rings is 1. The summed E-state index contributed by atoms with van der Waals surface area (Å²) >= 11 is 0. The highest BCUT2D eigenvalue weighted by molar-refractivity contribution is 6.01. The number of amides is 2. The molecule has 0 spiro atoms. The number of ether oxygens (including phenoxy) is 1. The van der Waals surface area contributed by atoms with E-state index in [1.165, 1.54) is 0 Å². The SMILES string of the molecule is COc1ccc2c(c1)C(C(=O)N(C)Cc1cc(C)cc(C)n1)CC(=O)N2. The summed E-state index contributed by atoms with van der Waals surface area (Å²) in [4.78, 5) is 31.2. The Hall–Kier alpha value is -2.89. The van der Waals surface area contributed by atoms with Crippen LogP contribution in [0.3, 0.4) is 0 Å². The number of hydrogen-bond acceptors (Lipinski definition) is 4. The van der Waals surface area contributed by atoms with E-state index in [2.05, 4.69) is 10.3 Å². The number of aryl methyl sites for hydroxylation is 2. The van der Waals surface area contributed by atoms with Gasteiger partial charge in [0, 0.05) is 24.8 Å². The van der Waals surface area contributed by atoms with Crippen molar-refractivity contribution in [3.63, 3.8) is 0 Å². The van der Waals surface area contributed by atoms with Gasteiger partial charge in [-0.05, 0) is 55.3 Å². The molecule has 0 aliphatic carbocycles. The van der Waals surface area contributed by atoms with Crippen LogP contribution in [0.2, 0.25) is 0 Å². The lowest BCUT2D eigenvalue weighted by Gasteiger charge is -2.29. The third-order valence-electron chi connectivity index (χ3n) is 4.52. The average Bonchev–Trinajstić information content (AvgIpc) is 2.59. The highest BCUT2D eigenvalue weighted by Gasteiger charge is 2.33. The van der Waals surface area contributed by atoms with Gasteiger partial charge in [0.15, 0.2) is 0 Å². The molecule has 0 saturated carbocycles. The molecule has 0 fully saturated rings. The number of rotatable bonds is 4. The number of carbonyl (C=O) groups is 2. The molecule has 3 rings (SSSR count). The molecule has 26 heavy (non-hydrogen) atoms. The normalized spacial score (nSPS) is 15.8. The van der Waals surface area contributed by atoms with E-state index in [9.17, 15) is 9.59 Å². The number of carbonyl (C=O) groups excluding carboxylic acids is 2. The van der Waals surface area contributed by atoms with Crippen LogP contribution < -0.4 is 10.1 Å². The molecule has 0 bridgehead atoms. The van der Waals surface area contributed by atoms with Crippen molar-refractivity contribution in [3.05, 3.63) is 52.8 Å². The number of anilines is 1. The zero-order valence-electron chi connectivity index (χ0n) is 15.5. The van der Waals surface area contributed by atoms with Crippen molar-refractivity contribution in [1.29, 1.82) is 0 Å². The number of nitrogens with one attached hydrogen (secondary N) is 1. The predicted octanol–water partition coefficient (Wildman–Crippen LogP) is 2.79. The summed E-state index contributed by atoms with van der Waals surface area (Å²) in [5.74, 6) is -0.115. The first-order valence-corrected chi connectivity index (χ1v) is 8.54. The van der Waals surface area contributed by atoms with Crippen LogP contribution in [0.25, 0.3) is 0 Å². The van der Waals surface area contributed by atoms with Crippen molar-refractivity contribution in [2.45, 2.75) is 32.7 Å². The first-order chi connectivity index (χ1) is 12.4. The molecule has 1 aromatic carbocycles. The number of aromatic nitrogens is 1. The molecule has 1 aromatic heterocycles. The van der Waals surface area contributed by atoms with Crippen molar-refractivity contribution >= 4 is 17.5 Å². The highest BCUT2D eigenvalue weighted by atomic mass is 16.5. The Morgan fingerprint density at radius 2 is 2.08 bits per heavy atom. The van der Waals surface area contributed by atoms with Gasteiger partial charge in [-0.15, -0.1) is 0 Å². The Morgan fingerprint density at radius 1 is 1.31 bits per heavy atom. The molecule has 2 heterocycles. The maximum atomic E-state index is 13.1. The van der Waals surface area contributed by atoms with E-state index in [4.69, 9.17) is 4.74 Å².